The zero-order chi connectivity index (χ0) is 13.5. The molecule has 0 unspecified atom stereocenters. The molecule has 98 valence electrons. The smallest absolute Gasteiger partial charge is 0.323 e. The first kappa shape index (κ1) is 12.9. The molecule has 1 heterocycles. The quantitative estimate of drug-likeness (QED) is 0.745. The maximum absolute atomic E-state index is 12.9. The van der Waals surface area contributed by atoms with Gasteiger partial charge in [-0.25, -0.2) is 0 Å². The number of alkyl halides is 3. The van der Waals surface area contributed by atoms with Crippen LogP contribution in [-0.2, 0) is 4.79 Å². The monoisotopic (exact) mass is 257 g/mol. The Kier molecular flexibility index (Phi) is 3.09. The minimum atomic E-state index is -4.36. The van der Waals surface area contributed by atoms with Gasteiger partial charge in [0.15, 0.2) is 0 Å². The molecule has 1 aliphatic rings. The van der Waals surface area contributed by atoms with Crippen molar-refractivity contribution in [1.29, 1.82) is 0 Å². The van der Waals surface area contributed by atoms with Gasteiger partial charge in [-0.3, -0.25) is 4.79 Å². The van der Waals surface area contributed by atoms with Crippen molar-refractivity contribution in [3.05, 3.63) is 35.9 Å². The predicted molar refractivity (Wildman–Crippen MR) is 60.7 cm³/mol. The van der Waals surface area contributed by atoms with E-state index in [9.17, 15) is 18.0 Å². The highest BCUT2D eigenvalue weighted by molar-refractivity contribution is 5.86. The Hall–Kier alpha value is -1.52. The molecule has 18 heavy (non-hydrogen) atoms. The van der Waals surface area contributed by atoms with Crippen molar-refractivity contribution in [2.24, 2.45) is 5.92 Å². The molecule has 0 bridgehead atoms. The second-order valence-corrected chi connectivity index (χ2v) is 4.61. The van der Waals surface area contributed by atoms with Gasteiger partial charge in [-0.05, 0) is 12.5 Å². The first-order valence-corrected chi connectivity index (χ1v) is 5.78. The summed E-state index contributed by atoms with van der Waals surface area (Å²) >= 11 is 0. The van der Waals surface area contributed by atoms with Gasteiger partial charge in [-0.1, -0.05) is 37.3 Å². The number of hydrogen-bond donors (Lipinski definition) is 0. The van der Waals surface area contributed by atoms with Gasteiger partial charge in [-0.2, -0.15) is 13.2 Å². The minimum Gasteiger partial charge on any atom is -0.323 e. The van der Waals surface area contributed by atoms with Crippen molar-refractivity contribution in [2.45, 2.75) is 32.1 Å². The Bertz CT molecular complexity index is 443. The van der Waals surface area contributed by atoms with E-state index in [4.69, 9.17) is 0 Å². The molecule has 0 spiro atoms. The van der Waals surface area contributed by atoms with E-state index in [-0.39, 0.29) is 0 Å². The van der Waals surface area contributed by atoms with Gasteiger partial charge in [0.2, 0.25) is 5.91 Å². The molecule has 1 fully saturated rings. The number of nitrogens with zero attached hydrogens (tertiary/aromatic N) is 1. The molecule has 2 rings (SSSR count). The summed E-state index contributed by atoms with van der Waals surface area (Å²) in [4.78, 5) is 12.6. The van der Waals surface area contributed by atoms with E-state index in [0.29, 0.717) is 5.56 Å². The number of β-lactam (4-membered cyclic amide) rings is 1. The minimum absolute atomic E-state index is 0.436. The van der Waals surface area contributed by atoms with Crippen LogP contribution in [0.15, 0.2) is 30.3 Å². The molecule has 1 amide bonds. The maximum atomic E-state index is 12.9. The lowest BCUT2D eigenvalue weighted by atomic mass is 9.85. The highest BCUT2D eigenvalue weighted by Crippen LogP contribution is 2.43. The Morgan fingerprint density at radius 2 is 1.78 bits per heavy atom. The zero-order valence-electron chi connectivity index (χ0n) is 10.1. The lowest BCUT2D eigenvalue weighted by molar-refractivity contribution is -0.234. The number of amides is 1. The van der Waals surface area contributed by atoms with Gasteiger partial charge >= 0.3 is 6.18 Å². The van der Waals surface area contributed by atoms with E-state index < -0.39 is 30.1 Å². The number of halogens is 3. The summed E-state index contributed by atoms with van der Waals surface area (Å²) in [6.07, 6.45) is -4.36. The molecule has 0 radical (unpaired) electrons. The van der Waals surface area contributed by atoms with Gasteiger partial charge in [0, 0.05) is 0 Å². The van der Waals surface area contributed by atoms with Gasteiger partial charge < -0.3 is 4.90 Å². The first-order valence-electron chi connectivity index (χ1n) is 5.78. The van der Waals surface area contributed by atoms with E-state index in [2.05, 4.69) is 0 Å². The van der Waals surface area contributed by atoms with E-state index >= 15 is 0 Å². The molecule has 0 aliphatic carbocycles. The number of likely N-dealkylation sites (tertiary alicyclic amines) is 1. The van der Waals surface area contributed by atoms with Crippen LogP contribution in [0.1, 0.15) is 25.5 Å². The van der Waals surface area contributed by atoms with Crippen LogP contribution >= 0.6 is 0 Å². The van der Waals surface area contributed by atoms with Crippen molar-refractivity contribution in [3.8, 4) is 0 Å². The summed E-state index contributed by atoms with van der Waals surface area (Å²) in [6, 6.07) is 6.53. The average molecular weight is 257 g/mol. The number of carbonyl (C=O) groups excluding carboxylic acids is 1. The van der Waals surface area contributed by atoms with Gasteiger partial charge in [0.25, 0.3) is 0 Å². The number of hydrogen-bond acceptors (Lipinski definition) is 1. The number of benzene rings is 1. The lowest BCUT2D eigenvalue weighted by Crippen LogP contribution is -2.66. The Morgan fingerprint density at radius 1 is 1.22 bits per heavy atom. The second-order valence-electron chi connectivity index (χ2n) is 4.61. The normalized spacial score (nSPS) is 25.8. The van der Waals surface area contributed by atoms with Gasteiger partial charge in [-0.15, -0.1) is 0 Å². The van der Waals surface area contributed by atoms with Crippen molar-refractivity contribution < 1.29 is 18.0 Å². The standard InChI is InChI=1S/C13H14F3NO/c1-8-11(13(14,15)16)17(12(8)18)9(2)10-6-4-3-5-7-10/h3-9,11H,1-2H3/t8-,9-,11+/m1/s1. The van der Waals surface area contributed by atoms with Crippen LogP contribution in [0.5, 0.6) is 0 Å². The van der Waals surface area contributed by atoms with Crippen molar-refractivity contribution in [2.75, 3.05) is 0 Å². The fourth-order valence-corrected chi connectivity index (χ4v) is 2.43. The van der Waals surface area contributed by atoms with E-state index in [0.717, 1.165) is 4.90 Å². The van der Waals surface area contributed by atoms with Crippen LogP contribution in [0.2, 0.25) is 0 Å². The van der Waals surface area contributed by atoms with Crippen LogP contribution in [0.3, 0.4) is 0 Å². The fourth-order valence-electron chi connectivity index (χ4n) is 2.43. The van der Waals surface area contributed by atoms with Crippen LogP contribution in [0, 0.1) is 5.92 Å². The Morgan fingerprint density at radius 3 is 2.28 bits per heavy atom. The predicted octanol–water partition coefficient (Wildman–Crippen LogP) is 3.16. The summed E-state index contributed by atoms with van der Waals surface area (Å²) in [5.74, 6) is -1.41. The lowest BCUT2D eigenvalue weighted by Gasteiger charge is -2.49. The van der Waals surface area contributed by atoms with Crippen LogP contribution in [0.4, 0.5) is 13.2 Å². The van der Waals surface area contributed by atoms with Gasteiger partial charge in [0.05, 0.1) is 12.0 Å². The van der Waals surface area contributed by atoms with Crippen molar-refractivity contribution >= 4 is 5.91 Å². The molecule has 2 nitrogen and oxygen atoms in total. The van der Waals surface area contributed by atoms with E-state index in [1.165, 1.54) is 6.92 Å². The Balaban J connectivity index is 2.25. The highest BCUT2D eigenvalue weighted by Gasteiger charge is 2.59. The topological polar surface area (TPSA) is 20.3 Å². The molecule has 0 N–H and O–H groups in total. The van der Waals surface area contributed by atoms with E-state index in [1.54, 1.807) is 37.3 Å². The molecule has 1 aliphatic heterocycles. The van der Waals surface area contributed by atoms with E-state index in [1.807, 2.05) is 0 Å². The van der Waals surface area contributed by atoms with Crippen LogP contribution in [-0.4, -0.2) is 23.0 Å². The fraction of sp³-hybridized carbons (Fsp3) is 0.462. The van der Waals surface area contributed by atoms with Crippen molar-refractivity contribution in [1.82, 2.24) is 4.90 Å². The summed E-state index contributed by atoms with van der Waals surface area (Å²) < 4.78 is 38.6. The van der Waals surface area contributed by atoms with Crippen molar-refractivity contribution in [3.63, 3.8) is 0 Å². The Labute approximate surface area is 103 Å². The van der Waals surface area contributed by atoms with Gasteiger partial charge in [0.1, 0.15) is 6.04 Å². The zero-order valence-corrected chi connectivity index (χ0v) is 10.1. The third-order valence-corrected chi connectivity index (χ3v) is 3.45. The molecular weight excluding hydrogens is 243 g/mol. The van der Waals surface area contributed by atoms with Crippen LogP contribution in [0.25, 0.3) is 0 Å². The molecule has 1 aromatic carbocycles. The SMILES string of the molecule is C[C@H](c1ccccc1)N1C(=O)[C@H](C)[C@H]1C(F)(F)F. The molecule has 5 heteroatoms. The summed E-state index contributed by atoms with van der Waals surface area (Å²) in [6.45, 7) is 2.95. The molecule has 3 atom stereocenters. The van der Waals surface area contributed by atoms with Crippen LogP contribution < -0.4 is 0 Å². The first-order chi connectivity index (χ1) is 8.34. The number of rotatable bonds is 2. The summed E-state index contributed by atoms with van der Waals surface area (Å²) in [7, 11) is 0. The third-order valence-electron chi connectivity index (χ3n) is 3.45. The highest BCUT2D eigenvalue weighted by atomic mass is 19.4. The average Bonchev–Trinajstić information content (AvgIpc) is 2.33. The summed E-state index contributed by atoms with van der Waals surface area (Å²) in [5.41, 5.74) is 0.715. The summed E-state index contributed by atoms with van der Waals surface area (Å²) in [5, 5.41) is 0. The molecule has 0 aromatic heterocycles. The molecule has 1 aromatic rings. The third kappa shape index (κ3) is 1.98. The molecule has 0 saturated carbocycles. The maximum Gasteiger partial charge on any atom is 0.409 e. The molecule has 1 saturated heterocycles. The molecular formula is C13H14F3NO. The number of carbonyl (C=O) groups is 1. The second kappa shape index (κ2) is 4.30. The largest absolute Gasteiger partial charge is 0.409 e.